The van der Waals surface area contributed by atoms with Gasteiger partial charge in [0.1, 0.15) is 0 Å². The molecule has 1 heteroatoms. The van der Waals surface area contributed by atoms with Crippen molar-refractivity contribution in [2.24, 2.45) is 0 Å². The predicted molar refractivity (Wildman–Crippen MR) is 54.1 cm³/mol. The molecular formula is C12H14O. The molecule has 13 heavy (non-hydrogen) atoms. The first kappa shape index (κ1) is 9.80. The fourth-order valence-corrected chi connectivity index (χ4v) is 1.50. The van der Waals surface area contributed by atoms with E-state index in [0.29, 0.717) is 0 Å². The second-order valence-electron chi connectivity index (χ2n) is 3.30. The third kappa shape index (κ3) is 2.91. The summed E-state index contributed by atoms with van der Waals surface area (Å²) < 4.78 is 0. The van der Waals surface area contributed by atoms with E-state index in [0.717, 1.165) is 18.4 Å². The van der Waals surface area contributed by atoms with E-state index in [-0.39, 0.29) is 5.78 Å². The quantitative estimate of drug-likeness (QED) is 0.464. The van der Waals surface area contributed by atoms with Gasteiger partial charge >= 0.3 is 0 Å². The largest absolute Gasteiger partial charge is 0.295 e. The van der Waals surface area contributed by atoms with Crippen LogP contribution in [0.5, 0.6) is 0 Å². The van der Waals surface area contributed by atoms with E-state index in [1.165, 1.54) is 18.4 Å². The van der Waals surface area contributed by atoms with Crippen molar-refractivity contribution in [2.75, 3.05) is 0 Å². The average molecular weight is 174 g/mol. The molecule has 0 radical (unpaired) electrons. The van der Waals surface area contributed by atoms with Crippen molar-refractivity contribution in [1.82, 2.24) is 0 Å². The van der Waals surface area contributed by atoms with Crippen LogP contribution >= 0.6 is 0 Å². The highest BCUT2D eigenvalue weighted by atomic mass is 16.1. The predicted octanol–water partition coefficient (Wildman–Crippen LogP) is 2.64. The van der Waals surface area contributed by atoms with Crippen LogP contribution in [0.25, 0.3) is 0 Å². The number of allylic oxidation sites excluding steroid dienone is 4. The maximum atomic E-state index is 10.7. The van der Waals surface area contributed by atoms with E-state index in [1.54, 1.807) is 13.0 Å². The zero-order valence-corrected chi connectivity index (χ0v) is 7.97. The van der Waals surface area contributed by atoms with Gasteiger partial charge in [0.05, 0.1) is 0 Å². The molecule has 1 nitrogen and oxygen atoms in total. The van der Waals surface area contributed by atoms with Crippen molar-refractivity contribution in [3.05, 3.63) is 23.3 Å². The van der Waals surface area contributed by atoms with Gasteiger partial charge in [-0.2, -0.15) is 0 Å². The first-order valence-corrected chi connectivity index (χ1v) is 4.61. The van der Waals surface area contributed by atoms with Gasteiger partial charge in [-0.1, -0.05) is 12.0 Å². The van der Waals surface area contributed by atoms with Crippen molar-refractivity contribution in [3.8, 4) is 12.3 Å². The van der Waals surface area contributed by atoms with Gasteiger partial charge in [0.2, 0.25) is 0 Å². The lowest BCUT2D eigenvalue weighted by atomic mass is 9.92. The van der Waals surface area contributed by atoms with Crippen molar-refractivity contribution < 1.29 is 4.79 Å². The molecule has 0 aromatic heterocycles. The summed E-state index contributed by atoms with van der Waals surface area (Å²) in [6, 6.07) is 0. The molecule has 0 heterocycles. The number of ketones is 1. The molecule has 0 spiro atoms. The molecule has 0 bridgehead atoms. The molecule has 0 atom stereocenters. The fraction of sp³-hybridized carbons (Fsp3) is 0.417. The Labute approximate surface area is 79.5 Å². The van der Waals surface area contributed by atoms with Crippen LogP contribution in [0.1, 0.15) is 32.6 Å². The van der Waals surface area contributed by atoms with E-state index >= 15 is 0 Å². The molecular weight excluding hydrogens is 160 g/mol. The standard InChI is InChI=1S/C12H14O/c1-3-11-6-4-5-7-12(11)9-8-10(2)13/h1,8-9H,4-7H2,2H3/b9-8+. The summed E-state index contributed by atoms with van der Waals surface area (Å²) in [6.07, 6.45) is 13.2. The second-order valence-corrected chi connectivity index (χ2v) is 3.30. The smallest absolute Gasteiger partial charge is 0.152 e. The minimum atomic E-state index is 0.0782. The molecule has 1 aliphatic rings. The van der Waals surface area contributed by atoms with Gasteiger partial charge in [-0.25, -0.2) is 0 Å². The Bertz CT molecular complexity index is 300. The molecule has 0 saturated heterocycles. The first-order chi connectivity index (χ1) is 6.24. The maximum Gasteiger partial charge on any atom is 0.152 e. The lowest BCUT2D eigenvalue weighted by molar-refractivity contribution is -0.112. The second kappa shape index (κ2) is 4.67. The van der Waals surface area contributed by atoms with Crippen molar-refractivity contribution in [1.29, 1.82) is 0 Å². The molecule has 1 aliphatic carbocycles. The third-order valence-electron chi connectivity index (χ3n) is 2.20. The lowest BCUT2D eigenvalue weighted by Crippen LogP contribution is -1.96. The number of hydrogen-bond donors (Lipinski definition) is 0. The number of carbonyl (C=O) groups is 1. The Morgan fingerprint density at radius 2 is 2.15 bits per heavy atom. The van der Waals surface area contributed by atoms with Crippen LogP contribution in [0.15, 0.2) is 23.3 Å². The summed E-state index contributed by atoms with van der Waals surface area (Å²) in [4.78, 5) is 10.7. The Hall–Kier alpha value is -1.29. The van der Waals surface area contributed by atoms with Gasteiger partial charge in [-0.05, 0) is 44.3 Å². The van der Waals surface area contributed by atoms with Crippen LogP contribution in [0, 0.1) is 12.3 Å². The number of carbonyl (C=O) groups excluding carboxylic acids is 1. The van der Waals surface area contributed by atoms with Crippen LogP contribution in [0.4, 0.5) is 0 Å². The molecule has 0 aromatic rings. The van der Waals surface area contributed by atoms with Crippen molar-refractivity contribution in [3.63, 3.8) is 0 Å². The molecule has 0 fully saturated rings. The lowest BCUT2D eigenvalue weighted by Gasteiger charge is -2.13. The van der Waals surface area contributed by atoms with E-state index in [9.17, 15) is 4.79 Å². The van der Waals surface area contributed by atoms with Gasteiger partial charge in [0, 0.05) is 5.57 Å². The van der Waals surface area contributed by atoms with Gasteiger partial charge in [0.25, 0.3) is 0 Å². The fourth-order valence-electron chi connectivity index (χ4n) is 1.50. The van der Waals surface area contributed by atoms with E-state index in [2.05, 4.69) is 5.92 Å². The highest BCUT2D eigenvalue weighted by Crippen LogP contribution is 2.24. The monoisotopic (exact) mass is 174 g/mol. The van der Waals surface area contributed by atoms with Crippen LogP contribution in [-0.2, 0) is 4.79 Å². The number of terminal acetylenes is 1. The van der Waals surface area contributed by atoms with E-state index in [4.69, 9.17) is 6.42 Å². The van der Waals surface area contributed by atoms with Gasteiger partial charge in [-0.15, -0.1) is 6.42 Å². The zero-order valence-electron chi connectivity index (χ0n) is 7.97. The van der Waals surface area contributed by atoms with Gasteiger partial charge in [-0.3, -0.25) is 4.79 Å². The van der Waals surface area contributed by atoms with Crippen LogP contribution < -0.4 is 0 Å². The molecule has 68 valence electrons. The Balaban J connectivity index is 2.81. The molecule has 0 aliphatic heterocycles. The van der Waals surface area contributed by atoms with E-state index < -0.39 is 0 Å². The van der Waals surface area contributed by atoms with Crippen molar-refractivity contribution >= 4 is 5.78 Å². The molecule has 0 unspecified atom stereocenters. The van der Waals surface area contributed by atoms with Crippen LogP contribution in [0.2, 0.25) is 0 Å². The summed E-state index contributed by atoms with van der Waals surface area (Å²) in [5.74, 6) is 2.77. The normalized spacial score (nSPS) is 17.5. The van der Waals surface area contributed by atoms with E-state index in [1.807, 2.05) is 6.08 Å². The molecule has 0 amide bonds. The third-order valence-corrected chi connectivity index (χ3v) is 2.20. The van der Waals surface area contributed by atoms with Gasteiger partial charge in [0.15, 0.2) is 5.78 Å². The summed E-state index contributed by atoms with van der Waals surface area (Å²) in [7, 11) is 0. The SMILES string of the molecule is C#CC1=C(/C=C/C(C)=O)CCCC1. The number of rotatable bonds is 2. The topological polar surface area (TPSA) is 17.1 Å². The summed E-state index contributed by atoms with van der Waals surface area (Å²) in [6.45, 7) is 1.55. The average Bonchev–Trinajstić information content (AvgIpc) is 2.15. The maximum absolute atomic E-state index is 10.7. The Kier molecular flexibility index (Phi) is 3.52. The molecule has 1 rings (SSSR count). The summed E-state index contributed by atoms with van der Waals surface area (Å²) in [5, 5.41) is 0. The van der Waals surface area contributed by atoms with Crippen LogP contribution in [0.3, 0.4) is 0 Å². The highest BCUT2D eigenvalue weighted by Gasteiger charge is 2.07. The highest BCUT2D eigenvalue weighted by molar-refractivity contribution is 5.87. The summed E-state index contributed by atoms with van der Waals surface area (Å²) >= 11 is 0. The summed E-state index contributed by atoms with van der Waals surface area (Å²) in [5.41, 5.74) is 2.24. The van der Waals surface area contributed by atoms with Gasteiger partial charge < -0.3 is 0 Å². The molecule has 0 N–H and O–H groups in total. The Morgan fingerprint density at radius 1 is 1.46 bits per heavy atom. The minimum absolute atomic E-state index is 0.0782. The van der Waals surface area contributed by atoms with Crippen LogP contribution in [-0.4, -0.2) is 5.78 Å². The molecule has 0 saturated carbocycles. The number of hydrogen-bond acceptors (Lipinski definition) is 1. The molecule has 0 aromatic carbocycles. The zero-order chi connectivity index (χ0) is 9.68. The Morgan fingerprint density at radius 3 is 2.77 bits per heavy atom. The first-order valence-electron chi connectivity index (χ1n) is 4.61. The van der Waals surface area contributed by atoms with Crippen molar-refractivity contribution in [2.45, 2.75) is 32.6 Å². The minimum Gasteiger partial charge on any atom is -0.295 e.